The van der Waals surface area contributed by atoms with Gasteiger partial charge >= 0.3 is 5.63 Å². The predicted molar refractivity (Wildman–Crippen MR) is 94.6 cm³/mol. The monoisotopic (exact) mass is 321 g/mol. The summed E-state index contributed by atoms with van der Waals surface area (Å²) < 4.78 is 5.23. The zero-order chi connectivity index (χ0) is 16.7. The molecular formula is C20H19NO3. The van der Waals surface area contributed by atoms with Gasteiger partial charge in [-0.25, -0.2) is 4.79 Å². The van der Waals surface area contributed by atoms with Gasteiger partial charge in [-0.05, 0) is 49.1 Å². The first-order valence-corrected chi connectivity index (χ1v) is 8.22. The minimum absolute atomic E-state index is 0.0967. The van der Waals surface area contributed by atoms with Crippen LogP contribution in [0.2, 0.25) is 0 Å². The van der Waals surface area contributed by atoms with Crippen LogP contribution in [0.15, 0.2) is 57.7 Å². The van der Waals surface area contributed by atoms with Gasteiger partial charge in [-0.3, -0.25) is 0 Å². The zero-order valence-corrected chi connectivity index (χ0v) is 13.5. The van der Waals surface area contributed by atoms with Gasteiger partial charge < -0.3 is 14.4 Å². The third-order valence-electron chi connectivity index (χ3n) is 4.82. The first kappa shape index (κ1) is 14.8. The molecule has 0 saturated heterocycles. The number of phenolic OH excluding ortho intramolecular Hbond substituents is 1. The molecule has 4 rings (SSSR count). The number of para-hydroxylation sites is 1. The smallest absolute Gasteiger partial charge is 0.336 e. The molecular weight excluding hydrogens is 302 g/mol. The Bertz CT molecular complexity index is 961. The lowest BCUT2D eigenvalue weighted by Crippen LogP contribution is -2.36. The van der Waals surface area contributed by atoms with E-state index < -0.39 is 0 Å². The van der Waals surface area contributed by atoms with E-state index in [1.807, 2.05) is 6.07 Å². The summed E-state index contributed by atoms with van der Waals surface area (Å²) in [5, 5.41) is 10.5. The van der Waals surface area contributed by atoms with E-state index in [0.29, 0.717) is 18.2 Å². The Kier molecular flexibility index (Phi) is 3.53. The highest BCUT2D eigenvalue weighted by atomic mass is 16.4. The van der Waals surface area contributed by atoms with Crippen LogP contribution in [0.1, 0.15) is 24.5 Å². The molecule has 1 aliphatic heterocycles. The van der Waals surface area contributed by atoms with Gasteiger partial charge in [0.1, 0.15) is 11.3 Å². The zero-order valence-electron chi connectivity index (χ0n) is 13.5. The Morgan fingerprint density at radius 2 is 2.04 bits per heavy atom. The van der Waals surface area contributed by atoms with Gasteiger partial charge in [-0.1, -0.05) is 18.2 Å². The Morgan fingerprint density at radius 1 is 1.21 bits per heavy atom. The third-order valence-corrected chi connectivity index (χ3v) is 4.82. The lowest BCUT2D eigenvalue weighted by atomic mass is 9.95. The van der Waals surface area contributed by atoms with Crippen molar-refractivity contribution in [3.63, 3.8) is 0 Å². The van der Waals surface area contributed by atoms with Gasteiger partial charge in [-0.15, -0.1) is 0 Å². The maximum absolute atomic E-state index is 11.9. The van der Waals surface area contributed by atoms with Crippen LogP contribution in [0.5, 0.6) is 5.75 Å². The number of nitrogens with zero attached hydrogens (tertiary/aromatic N) is 1. The minimum atomic E-state index is -0.388. The maximum Gasteiger partial charge on any atom is 0.336 e. The van der Waals surface area contributed by atoms with Crippen molar-refractivity contribution >= 4 is 16.7 Å². The van der Waals surface area contributed by atoms with Crippen LogP contribution in [0, 0.1) is 0 Å². The molecule has 0 spiro atoms. The van der Waals surface area contributed by atoms with Gasteiger partial charge in [0.05, 0.1) is 0 Å². The molecule has 2 aromatic carbocycles. The molecule has 1 aliphatic rings. The van der Waals surface area contributed by atoms with Crippen LogP contribution in [-0.4, -0.2) is 11.1 Å². The summed E-state index contributed by atoms with van der Waals surface area (Å²) in [6.07, 6.45) is 2.18. The molecule has 0 fully saturated rings. The Labute approximate surface area is 140 Å². The number of hydrogen-bond donors (Lipinski definition) is 1. The van der Waals surface area contributed by atoms with Crippen LogP contribution in [0.4, 0.5) is 5.69 Å². The first-order chi connectivity index (χ1) is 11.6. The lowest BCUT2D eigenvalue weighted by molar-refractivity contribution is 0.473. The third kappa shape index (κ3) is 2.54. The number of anilines is 1. The standard InChI is InChI=1S/C20H19NO3/c1-13-6-7-14-4-2-3-5-18(14)21(13)12-15-10-20(23)24-19-11-16(22)8-9-17(15)19/h2-5,8-11,13,22H,6-7,12H2,1H3/t13-/m0/s1. The highest BCUT2D eigenvalue weighted by molar-refractivity contribution is 5.82. The summed E-state index contributed by atoms with van der Waals surface area (Å²) >= 11 is 0. The van der Waals surface area contributed by atoms with Crippen LogP contribution in [0.25, 0.3) is 11.0 Å². The minimum Gasteiger partial charge on any atom is -0.508 e. The van der Waals surface area contributed by atoms with E-state index >= 15 is 0 Å². The predicted octanol–water partition coefficient (Wildman–Crippen LogP) is 3.84. The van der Waals surface area contributed by atoms with Crippen molar-refractivity contribution in [2.75, 3.05) is 4.90 Å². The number of phenols is 1. The van der Waals surface area contributed by atoms with Crippen molar-refractivity contribution in [3.8, 4) is 5.75 Å². The van der Waals surface area contributed by atoms with E-state index in [1.165, 1.54) is 17.3 Å². The van der Waals surface area contributed by atoms with Gasteiger partial charge in [0, 0.05) is 35.8 Å². The number of hydrogen-bond acceptors (Lipinski definition) is 4. The van der Waals surface area contributed by atoms with Crippen LogP contribution >= 0.6 is 0 Å². The Hall–Kier alpha value is -2.75. The van der Waals surface area contributed by atoms with Gasteiger partial charge in [0.25, 0.3) is 0 Å². The largest absolute Gasteiger partial charge is 0.508 e. The van der Waals surface area contributed by atoms with Crippen molar-refractivity contribution in [1.82, 2.24) is 0 Å². The van der Waals surface area contributed by atoms with Crippen LogP contribution in [0.3, 0.4) is 0 Å². The van der Waals surface area contributed by atoms with E-state index in [2.05, 4.69) is 36.1 Å². The second-order valence-corrected chi connectivity index (χ2v) is 6.42. The average molecular weight is 321 g/mol. The molecule has 4 nitrogen and oxygen atoms in total. The fraction of sp³-hybridized carbons (Fsp3) is 0.250. The first-order valence-electron chi connectivity index (χ1n) is 8.22. The van der Waals surface area contributed by atoms with E-state index in [9.17, 15) is 9.90 Å². The summed E-state index contributed by atoms with van der Waals surface area (Å²) in [4.78, 5) is 14.3. The topological polar surface area (TPSA) is 53.7 Å². The average Bonchev–Trinajstić information content (AvgIpc) is 2.57. The Morgan fingerprint density at radius 3 is 2.92 bits per heavy atom. The second kappa shape index (κ2) is 5.71. The van der Waals surface area contributed by atoms with Gasteiger partial charge in [0.15, 0.2) is 0 Å². The summed E-state index contributed by atoms with van der Waals surface area (Å²) in [6, 6.07) is 15.3. The number of fused-ring (bicyclic) bond motifs is 2. The molecule has 24 heavy (non-hydrogen) atoms. The fourth-order valence-corrected chi connectivity index (χ4v) is 3.53. The Balaban J connectivity index is 1.81. The molecule has 0 unspecified atom stereocenters. The van der Waals surface area contributed by atoms with E-state index in [-0.39, 0.29) is 11.4 Å². The molecule has 3 aromatic rings. The summed E-state index contributed by atoms with van der Waals surface area (Å²) in [5.74, 6) is 0.0967. The molecule has 0 bridgehead atoms. The van der Waals surface area contributed by atoms with E-state index in [4.69, 9.17) is 4.42 Å². The van der Waals surface area contributed by atoms with E-state index in [0.717, 1.165) is 23.8 Å². The SMILES string of the molecule is C[C@H]1CCc2ccccc2N1Cc1cc(=O)oc2cc(O)ccc12. The van der Waals surface area contributed by atoms with Crippen LogP contribution in [-0.2, 0) is 13.0 Å². The number of aromatic hydroxyl groups is 1. The maximum atomic E-state index is 11.9. The van der Waals surface area contributed by atoms with Crippen molar-refractivity contribution in [2.24, 2.45) is 0 Å². The molecule has 0 saturated carbocycles. The molecule has 4 heteroatoms. The highest BCUT2D eigenvalue weighted by Gasteiger charge is 2.23. The molecule has 1 atom stereocenters. The number of aryl methyl sites for hydroxylation is 1. The highest BCUT2D eigenvalue weighted by Crippen LogP contribution is 2.33. The lowest BCUT2D eigenvalue weighted by Gasteiger charge is -2.37. The summed E-state index contributed by atoms with van der Waals surface area (Å²) in [5.41, 5.74) is 3.54. The number of rotatable bonds is 2. The quantitative estimate of drug-likeness (QED) is 0.729. The molecule has 122 valence electrons. The summed E-state index contributed by atoms with van der Waals surface area (Å²) in [7, 11) is 0. The second-order valence-electron chi connectivity index (χ2n) is 6.42. The van der Waals surface area contributed by atoms with Gasteiger partial charge in [-0.2, -0.15) is 0 Å². The molecule has 0 amide bonds. The van der Waals surface area contributed by atoms with Crippen molar-refractivity contribution < 1.29 is 9.52 Å². The summed E-state index contributed by atoms with van der Waals surface area (Å²) in [6.45, 7) is 2.86. The fourth-order valence-electron chi connectivity index (χ4n) is 3.53. The normalized spacial score (nSPS) is 17.0. The van der Waals surface area contributed by atoms with Crippen molar-refractivity contribution in [1.29, 1.82) is 0 Å². The van der Waals surface area contributed by atoms with Crippen molar-refractivity contribution in [2.45, 2.75) is 32.4 Å². The van der Waals surface area contributed by atoms with E-state index in [1.54, 1.807) is 12.1 Å². The molecule has 0 aliphatic carbocycles. The van der Waals surface area contributed by atoms with Crippen LogP contribution < -0.4 is 10.5 Å². The molecule has 1 N–H and O–H groups in total. The van der Waals surface area contributed by atoms with Crippen molar-refractivity contribution in [3.05, 3.63) is 70.1 Å². The molecule has 0 radical (unpaired) electrons. The number of benzene rings is 2. The molecule has 2 heterocycles. The molecule has 1 aromatic heterocycles. The van der Waals surface area contributed by atoms with Gasteiger partial charge in [0.2, 0.25) is 0 Å².